The monoisotopic (exact) mass is 442 g/mol. The van der Waals surface area contributed by atoms with Crippen molar-refractivity contribution in [3.8, 4) is 16.9 Å². The number of aryl methyl sites for hydroxylation is 1. The molecule has 0 saturated heterocycles. The molecule has 4 nitrogen and oxygen atoms in total. The summed E-state index contributed by atoms with van der Waals surface area (Å²) in [6.45, 7) is 7.08. The van der Waals surface area contributed by atoms with Gasteiger partial charge in [-0.3, -0.25) is 0 Å². The predicted molar refractivity (Wildman–Crippen MR) is 131 cm³/mol. The van der Waals surface area contributed by atoms with E-state index in [4.69, 9.17) is 14.2 Å². The number of rotatable bonds is 9. The molecule has 4 heteroatoms. The minimum Gasteiger partial charge on any atom is -0.490 e. The Morgan fingerprint density at radius 2 is 1.61 bits per heavy atom. The highest BCUT2D eigenvalue weighted by Crippen LogP contribution is 2.44. The van der Waals surface area contributed by atoms with E-state index in [1.54, 1.807) is 6.92 Å². The second kappa shape index (κ2) is 10.5. The highest BCUT2D eigenvalue weighted by atomic mass is 16.6. The molecule has 3 aromatic carbocycles. The van der Waals surface area contributed by atoms with E-state index in [1.165, 1.54) is 33.4 Å². The second-order valence-electron chi connectivity index (χ2n) is 8.07. The maximum Gasteiger partial charge on any atom is 0.335 e. The molecule has 0 amide bonds. The molecule has 1 atom stereocenters. The molecule has 0 spiro atoms. The van der Waals surface area contributed by atoms with Gasteiger partial charge in [0.1, 0.15) is 12.4 Å². The Labute approximate surface area is 195 Å². The summed E-state index contributed by atoms with van der Waals surface area (Å²) in [7, 11) is 0. The lowest BCUT2D eigenvalue weighted by atomic mass is 10.0. The van der Waals surface area contributed by atoms with Crippen LogP contribution in [0.3, 0.4) is 0 Å². The van der Waals surface area contributed by atoms with E-state index in [0.29, 0.717) is 26.2 Å². The summed E-state index contributed by atoms with van der Waals surface area (Å²) in [5.41, 5.74) is 8.52. The van der Waals surface area contributed by atoms with Gasteiger partial charge in [-0.1, -0.05) is 60.2 Å². The van der Waals surface area contributed by atoms with Crippen LogP contribution in [0.25, 0.3) is 16.7 Å². The van der Waals surface area contributed by atoms with Gasteiger partial charge in [0.25, 0.3) is 0 Å². The Balaban J connectivity index is 1.44. The molecule has 0 radical (unpaired) electrons. The summed E-state index contributed by atoms with van der Waals surface area (Å²) in [4.78, 5) is 12.1. The largest absolute Gasteiger partial charge is 0.490 e. The third-order valence-electron chi connectivity index (χ3n) is 5.77. The minimum absolute atomic E-state index is 0.321. The third kappa shape index (κ3) is 5.18. The molecule has 0 aliphatic heterocycles. The van der Waals surface area contributed by atoms with E-state index in [2.05, 4.69) is 55.5 Å². The number of carbonyl (C=O) groups is 1. The van der Waals surface area contributed by atoms with Crippen LogP contribution in [-0.4, -0.2) is 31.9 Å². The molecule has 0 bridgehead atoms. The van der Waals surface area contributed by atoms with E-state index in [9.17, 15) is 4.79 Å². The van der Waals surface area contributed by atoms with Crippen molar-refractivity contribution in [1.82, 2.24) is 0 Å². The van der Waals surface area contributed by atoms with Gasteiger partial charge < -0.3 is 14.2 Å². The molecule has 1 aliphatic rings. The molecular weight excluding hydrogens is 412 g/mol. The Morgan fingerprint density at radius 3 is 2.33 bits per heavy atom. The first kappa shape index (κ1) is 22.8. The van der Waals surface area contributed by atoms with Crippen LogP contribution in [-0.2, 0) is 20.7 Å². The zero-order valence-corrected chi connectivity index (χ0v) is 19.5. The van der Waals surface area contributed by atoms with Gasteiger partial charge in [0, 0.05) is 13.0 Å². The predicted octanol–water partition coefficient (Wildman–Crippen LogP) is 6.00. The Morgan fingerprint density at radius 1 is 0.879 bits per heavy atom. The highest BCUT2D eigenvalue weighted by molar-refractivity contribution is 6.01. The second-order valence-corrected chi connectivity index (χ2v) is 8.07. The van der Waals surface area contributed by atoms with Crippen LogP contribution in [0.1, 0.15) is 36.1 Å². The van der Waals surface area contributed by atoms with E-state index in [0.717, 1.165) is 11.3 Å². The van der Waals surface area contributed by atoms with Crippen molar-refractivity contribution in [2.24, 2.45) is 0 Å². The molecule has 0 fully saturated rings. The number of esters is 1. The van der Waals surface area contributed by atoms with Crippen molar-refractivity contribution in [1.29, 1.82) is 0 Å². The lowest BCUT2D eigenvalue weighted by molar-refractivity contribution is -0.156. The third-order valence-corrected chi connectivity index (χ3v) is 5.77. The van der Waals surface area contributed by atoms with Gasteiger partial charge in [0.2, 0.25) is 0 Å². The fourth-order valence-electron chi connectivity index (χ4n) is 4.24. The molecule has 0 saturated carbocycles. The van der Waals surface area contributed by atoms with Crippen LogP contribution in [0.2, 0.25) is 0 Å². The highest BCUT2D eigenvalue weighted by Gasteiger charge is 2.23. The fourth-order valence-corrected chi connectivity index (χ4v) is 4.24. The summed E-state index contributed by atoms with van der Waals surface area (Å²) in [5, 5.41) is 0. The van der Waals surface area contributed by atoms with Crippen LogP contribution in [0.5, 0.6) is 5.75 Å². The normalized spacial score (nSPS) is 14.0. The van der Waals surface area contributed by atoms with Crippen LogP contribution < -0.4 is 4.74 Å². The molecule has 0 heterocycles. The molecule has 3 aromatic rings. The van der Waals surface area contributed by atoms with Crippen LogP contribution in [0, 0.1) is 6.92 Å². The molecule has 170 valence electrons. The zero-order chi connectivity index (χ0) is 23.2. The standard InChI is InChI=1S/C29H30O4/c1-4-31-28(29(30)32-5-2)19-21-11-13-22(14-12-21)33-17-16-26-24-9-7-6-8-23(24)25-15-10-20(3)18-27(25)26/h6-16,18,28H,4-5,17,19H2,1-3H3/b26-16+. The van der Waals surface area contributed by atoms with Gasteiger partial charge in [-0.05, 0) is 72.4 Å². The number of carbonyl (C=O) groups excluding carboxylic acids is 1. The molecule has 1 aliphatic carbocycles. The lowest BCUT2D eigenvalue weighted by Crippen LogP contribution is -2.28. The van der Waals surface area contributed by atoms with E-state index < -0.39 is 6.10 Å². The molecular formula is C29H30O4. The first-order chi connectivity index (χ1) is 16.1. The van der Waals surface area contributed by atoms with Crippen LogP contribution in [0.15, 0.2) is 72.8 Å². The molecule has 33 heavy (non-hydrogen) atoms. The van der Waals surface area contributed by atoms with Crippen molar-refractivity contribution < 1.29 is 19.0 Å². The van der Waals surface area contributed by atoms with Crippen molar-refractivity contribution >= 4 is 11.5 Å². The number of ether oxygens (including phenoxy) is 3. The van der Waals surface area contributed by atoms with Gasteiger partial charge >= 0.3 is 5.97 Å². The van der Waals surface area contributed by atoms with E-state index in [-0.39, 0.29) is 5.97 Å². The van der Waals surface area contributed by atoms with Crippen LogP contribution >= 0.6 is 0 Å². The van der Waals surface area contributed by atoms with E-state index in [1.807, 2.05) is 31.2 Å². The summed E-state index contributed by atoms with van der Waals surface area (Å²) in [5.74, 6) is 0.467. The summed E-state index contributed by atoms with van der Waals surface area (Å²) in [6.07, 6.45) is 2.05. The van der Waals surface area contributed by atoms with Crippen molar-refractivity contribution in [3.05, 3.63) is 95.1 Å². The first-order valence-corrected chi connectivity index (χ1v) is 11.5. The Hall–Kier alpha value is -3.37. The summed E-state index contributed by atoms with van der Waals surface area (Å²) < 4.78 is 16.7. The minimum atomic E-state index is -0.586. The quantitative estimate of drug-likeness (QED) is 0.298. The van der Waals surface area contributed by atoms with Crippen molar-refractivity contribution in [2.45, 2.75) is 33.3 Å². The SMILES string of the molecule is CCOC(=O)C(Cc1ccc(OC/C=C2\c3ccccc3-c3ccc(C)cc32)cc1)OCC. The number of hydrogen-bond donors (Lipinski definition) is 0. The van der Waals surface area contributed by atoms with Crippen molar-refractivity contribution in [2.75, 3.05) is 19.8 Å². The number of benzene rings is 3. The average molecular weight is 443 g/mol. The number of fused-ring (bicyclic) bond motifs is 3. The van der Waals surface area contributed by atoms with E-state index >= 15 is 0 Å². The van der Waals surface area contributed by atoms with Gasteiger partial charge in [-0.15, -0.1) is 0 Å². The van der Waals surface area contributed by atoms with Gasteiger partial charge in [0.05, 0.1) is 6.61 Å². The van der Waals surface area contributed by atoms with Gasteiger partial charge in [-0.25, -0.2) is 4.79 Å². The fraction of sp³-hybridized carbons (Fsp3) is 0.276. The molecule has 0 N–H and O–H groups in total. The summed E-state index contributed by atoms with van der Waals surface area (Å²) >= 11 is 0. The average Bonchev–Trinajstić information content (AvgIpc) is 3.13. The zero-order valence-electron chi connectivity index (χ0n) is 19.5. The Bertz CT molecular complexity index is 1140. The molecule has 0 aromatic heterocycles. The summed E-state index contributed by atoms with van der Waals surface area (Å²) in [6, 6.07) is 22.9. The first-order valence-electron chi connectivity index (χ1n) is 11.5. The number of hydrogen-bond acceptors (Lipinski definition) is 4. The van der Waals surface area contributed by atoms with Gasteiger partial charge in [0.15, 0.2) is 6.10 Å². The topological polar surface area (TPSA) is 44.8 Å². The maximum atomic E-state index is 12.1. The van der Waals surface area contributed by atoms with Crippen LogP contribution in [0.4, 0.5) is 0 Å². The maximum absolute atomic E-state index is 12.1. The lowest BCUT2D eigenvalue weighted by Gasteiger charge is -2.15. The van der Waals surface area contributed by atoms with Crippen molar-refractivity contribution in [3.63, 3.8) is 0 Å². The molecule has 4 rings (SSSR count). The Kier molecular flexibility index (Phi) is 7.26. The van der Waals surface area contributed by atoms with Gasteiger partial charge in [-0.2, -0.15) is 0 Å². The molecule has 1 unspecified atom stereocenters. The smallest absolute Gasteiger partial charge is 0.335 e.